The molecule has 0 fully saturated rings. The third-order valence-corrected chi connectivity index (χ3v) is 5.08. The molecule has 0 amide bonds. The number of halogens is 1. The number of fused-ring (bicyclic) bond motifs is 1. The number of nitrogens with zero attached hydrogens (tertiary/aromatic N) is 3. The zero-order valence-electron chi connectivity index (χ0n) is 14.2. The second kappa shape index (κ2) is 7.51. The highest BCUT2D eigenvalue weighted by Gasteiger charge is 2.24. The molecule has 0 aliphatic carbocycles. The van der Waals surface area contributed by atoms with Crippen molar-refractivity contribution in [2.24, 2.45) is 0 Å². The van der Waals surface area contributed by atoms with Gasteiger partial charge in [0.15, 0.2) is 0 Å². The average Bonchev–Trinajstić information content (AvgIpc) is 2.57. The van der Waals surface area contributed by atoms with Crippen LogP contribution in [0.2, 0.25) is 5.02 Å². The highest BCUT2D eigenvalue weighted by atomic mass is 35.5. The Morgan fingerprint density at radius 2 is 2.04 bits per heavy atom. The van der Waals surface area contributed by atoms with Gasteiger partial charge in [0.25, 0.3) is 0 Å². The number of rotatable bonds is 3. The zero-order chi connectivity index (χ0) is 17.1. The maximum absolute atomic E-state index is 9.78. The SMILES string of the molecule is Cc1ccc2c(n1)N(C)[C@H](CO)CCN(Cc1ccccc1Cl)C2. The first-order valence-electron chi connectivity index (χ1n) is 8.34. The van der Waals surface area contributed by atoms with Crippen LogP contribution in [0.3, 0.4) is 0 Å². The van der Waals surface area contributed by atoms with Crippen LogP contribution >= 0.6 is 11.6 Å². The van der Waals surface area contributed by atoms with Gasteiger partial charge in [-0.1, -0.05) is 35.9 Å². The van der Waals surface area contributed by atoms with E-state index >= 15 is 0 Å². The number of aliphatic hydroxyl groups is 1. The first kappa shape index (κ1) is 17.2. The van der Waals surface area contributed by atoms with Gasteiger partial charge in [-0.05, 0) is 31.0 Å². The Balaban J connectivity index is 1.90. The minimum absolute atomic E-state index is 0.0760. The zero-order valence-corrected chi connectivity index (χ0v) is 15.0. The molecule has 0 saturated carbocycles. The topological polar surface area (TPSA) is 39.6 Å². The summed E-state index contributed by atoms with van der Waals surface area (Å²) in [7, 11) is 2.02. The summed E-state index contributed by atoms with van der Waals surface area (Å²) in [5, 5.41) is 10.6. The first-order chi connectivity index (χ1) is 11.6. The predicted molar refractivity (Wildman–Crippen MR) is 98.4 cm³/mol. The first-order valence-corrected chi connectivity index (χ1v) is 8.72. The maximum Gasteiger partial charge on any atom is 0.133 e. The van der Waals surface area contributed by atoms with Gasteiger partial charge in [0.2, 0.25) is 0 Å². The second-order valence-corrected chi connectivity index (χ2v) is 6.88. The van der Waals surface area contributed by atoms with E-state index < -0.39 is 0 Å². The molecule has 0 spiro atoms. The highest BCUT2D eigenvalue weighted by Crippen LogP contribution is 2.27. The fraction of sp³-hybridized carbons (Fsp3) is 0.421. The summed E-state index contributed by atoms with van der Waals surface area (Å²) in [5.41, 5.74) is 3.32. The minimum Gasteiger partial charge on any atom is -0.394 e. The Kier molecular flexibility index (Phi) is 5.39. The Labute approximate surface area is 148 Å². The number of hydrogen-bond donors (Lipinski definition) is 1. The standard InChI is InChI=1S/C19H24ClN3O/c1-14-7-8-16-12-23(11-15-5-3-4-6-18(15)20)10-9-17(13-24)22(2)19(16)21-14/h3-8,17,24H,9-13H2,1-2H3/t17-/m0/s1. The normalized spacial score (nSPS) is 18.8. The number of hydrogen-bond acceptors (Lipinski definition) is 4. The molecular weight excluding hydrogens is 322 g/mol. The van der Waals surface area contributed by atoms with Gasteiger partial charge in [-0.3, -0.25) is 4.90 Å². The van der Waals surface area contributed by atoms with Crippen molar-refractivity contribution in [2.75, 3.05) is 25.1 Å². The fourth-order valence-corrected chi connectivity index (χ4v) is 3.43. The summed E-state index contributed by atoms with van der Waals surface area (Å²) >= 11 is 6.33. The summed E-state index contributed by atoms with van der Waals surface area (Å²) < 4.78 is 0. The molecule has 2 aromatic rings. The monoisotopic (exact) mass is 345 g/mol. The number of likely N-dealkylation sites (N-methyl/N-ethyl adjacent to an activating group) is 1. The van der Waals surface area contributed by atoms with Crippen LogP contribution in [0.4, 0.5) is 5.82 Å². The van der Waals surface area contributed by atoms with Crippen LogP contribution in [0.25, 0.3) is 0 Å². The van der Waals surface area contributed by atoms with Gasteiger partial charge in [0.1, 0.15) is 5.82 Å². The lowest BCUT2D eigenvalue weighted by Crippen LogP contribution is -2.41. The molecule has 1 aliphatic rings. The van der Waals surface area contributed by atoms with E-state index in [1.54, 1.807) is 0 Å². The number of benzene rings is 1. The van der Waals surface area contributed by atoms with E-state index in [0.717, 1.165) is 48.2 Å². The molecule has 4 nitrogen and oxygen atoms in total. The van der Waals surface area contributed by atoms with E-state index in [-0.39, 0.29) is 12.6 Å². The molecule has 128 valence electrons. The largest absolute Gasteiger partial charge is 0.394 e. The molecule has 0 bridgehead atoms. The van der Waals surface area contributed by atoms with Crippen molar-refractivity contribution >= 4 is 17.4 Å². The lowest BCUT2D eigenvalue weighted by atomic mass is 10.1. The van der Waals surface area contributed by atoms with Gasteiger partial charge < -0.3 is 10.0 Å². The molecule has 0 unspecified atom stereocenters. The lowest BCUT2D eigenvalue weighted by molar-refractivity contribution is 0.205. The number of aryl methyl sites for hydroxylation is 1. The molecule has 0 radical (unpaired) electrons. The maximum atomic E-state index is 9.78. The van der Waals surface area contributed by atoms with Crippen molar-refractivity contribution in [1.29, 1.82) is 0 Å². The summed E-state index contributed by atoms with van der Waals surface area (Å²) in [6, 6.07) is 12.3. The molecule has 1 aromatic heterocycles. The Morgan fingerprint density at radius 3 is 2.79 bits per heavy atom. The van der Waals surface area contributed by atoms with E-state index in [2.05, 4.69) is 28.0 Å². The van der Waals surface area contributed by atoms with Crippen molar-refractivity contribution in [2.45, 2.75) is 32.5 Å². The molecular formula is C19H24ClN3O. The van der Waals surface area contributed by atoms with E-state index in [1.165, 1.54) is 5.56 Å². The van der Waals surface area contributed by atoms with Gasteiger partial charge in [0, 0.05) is 43.0 Å². The number of aromatic nitrogens is 1. The van der Waals surface area contributed by atoms with Gasteiger partial charge in [-0.25, -0.2) is 4.98 Å². The third kappa shape index (κ3) is 3.72. The predicted octanol–water partition coefficient (Wildman–Crippen LogP) is 3.25. The summed E-state index contributed by atoms with van der Waals surface area (Å²) in [6.07, 6.45) is 0.895. The van der Waals surface area contributed by atoms with E-state index in [9.17, 15) is 5.11 Å². The number of aliphatic hydroxyl groups excluding tert-OH is 1. The molecule has 0 saturated heterocycles. The van der Waals surface area contributed by atoms with E-state index in [1.807, 2.05) is 32.2 Å². The van der Waals surface area contributed by atoms with Crippen LogP contribution in [-0.4, -0.2) is 41.2 Å². The highest BCUT2D eigenvalue weighted by molar-refractivity contribution is 6.31. The van der Waals surface area contributed by atoms with Crippen molar-refractivity contribution in [3.05, 3.63) is 58.2 Å². The minimum atomic E-state index is 0.0760. The summed E-state index contributed by atoms with van der Waals surface area (Å²) in [4.78, 5) is 9.22. The Hall–Kier alpha value is -1.62. The van der Waals surface area contributed by atoms with Crippen LogP contribution in [0.1, 0.15) is 23.2 Å². The van der Waals surface area contributed by atoms with E-state index in [4.69, 9.17) is 16.6 Å². The van der Waals surface area contributed by atoms with Crippen LogP contribution < -0.4 is 4.90 Å². The van der Waals surface area contributed by atoms with E-state index in [0.29, 0.717) is 0 Å². The van der Waals surface area contributed by atoms with Crippen molar-refractivity contribution in [3.63, 3.8) is 0 Å². The van der Waals surface area contributed by atoms with Crippen LogP contribution in [-0.2, 0) is 13.1 Å². The molecule has 5 heteroatoms. The van der Waals surface area contributed by atoms with Gasteiger partial charge in [0.05, 0.1) is 12.6 Å². The van der Waals surface area contributed by atoms with Crippen LogP contribution in [0, 0.1) is 6.92 Å². The third-order valence-electron chi connectivity index (χ3n) is 4.71. The Bertz CT molecular complexity index is 707. The molecule has 1 atom stereocenters. The fourth-order valence-electron chi connectivity index (χ4n) is 3.24. The van der Waals surface area contributed by atoms with Crippen molar-refractivity contribution < 1.29 is 5.11 Å². The smallest absolute Gasteiger partial charge is 0.133 e. The quantitative estimate of drug-likeness (QED) is 0.927. The van der Waals surface area contributed by atoms with Crippen molar-refractivity contribution in [1.82, 2.24) is 9.88 Å². The van der Waals surface area contributed by atoms with Gasteiger partial charge in [-0.2, -0.15) is 0 Å². The van der Waals surface area contributed by atoms with Gasteiger partial charge in [-0.15, -0.1) is 0 Å². The van der Waals surface area contributed by atoms with Gasteiger partial charge >= 0.3 is 0 Å². The molecule has 3 rings (SSSR count). The summed E-state index contributed by atoms with van der Waals surface area (Å²) in [5.74, 6) is 0.970. The molecule has 1 aromatic carbocycles. The van der Waals surface area contributed by atoms with Crippen LogP contribution in [0.15, 0.2) is 36.4 Å². The summed E-state index contributed by atoms with van der Waals surface area (Å²) in [6.45, 7) is 4.67. The molecule has 2 heterocycles. The Morgan fingerprint density at radius 1 is 1.25 bits per heavy atom. The van der Waals surface area contributed by atoms with Crippen LogP contribution in [0.5, 0.6) is 0 Å². The molecule has 1 aliphatic heterocycles. The molecule has 1 N–H and O–H groups in total. The lowest BCUT2D eigenvalue weighted by Gasteiger charge is -2.35. The van der Waals surface area contributed by atoms with Crippen molar-refractivity contribution in [3.8, 4) is 0 Å². The average molecular weight is 346 g/mol. The number of pyridine rings is 1. The number of anilines is 1. The molecule has 24 heavy (non-hydrogen) atoms. The second-order valence-electron chi connectivity index (χ2n) is 6.47.